The summed E-state index contributed by atoms with van der Waals surface area (Å²) in [6.45, 7) is 4.07. The Balaban J connectivity index is 2.12. The molecule has 2 aromatic rings. The molecule has 0 radical (unpaired) electrons. The van der Waals surface area contributed by atoms with E-state index in [0.717, 1.165) is 16.9 Å². The maximum Gasteiger partial charge on any atom is 0.248 e. The van der Waals surface area contributed by atoms with Crippen LogP contribution in [0.2, 0.25) is 0 Å². The molecule has 0 fully saturated rings. The van der Waals surface area contributed by atoms with E-state index in [1.54, 1.807) is 16.8 Å². The van der Waals surface area contributed by atoms with Crippen LogP contribution in [0.1, 0.15) is 34.6 Å². The number of hydrogen-bond donors (Lipinski definition) is 2. The summed E-state index contributed by atoms with van der Waals surface area (Å²) in [6.07, 6.45) is 2.00. The van der Waals surface area contributed by atoms with Crippen LogP contribution in [0.4, 0.5) is 5.69 Å². The van der Waals surface area contributed by atoms with Crippen LogP contribution >= 0.6 is 0 Å². The first-order chi connectivity index (χ1) is 8.97. The summed E-state index contributed by atoms with van der Waals surface area (Å²) in [5.41, 5.74) is 8.83. The summed E-state index contributed by atoms with van der Waals surface area (Å²) in [7, 11) is 1.91. The van der Waals surface area contributed by atoms with Gasteiger partial charge in [-0.2, -0.15) is 5.10 Å². The quantitative estimate of drug-likeness (QED) is 0.881. The maximum absolute atomic E-state index is 11.0. The van der Waals surface area contributed by atoms with Crippen molar-refractivity contribution in [3.8, 4) is 0 Å². The third-order valence-electron chi connectivity index (χ3n) is 3.07. The van der Waals surface area contributed by atoms with Crippen LogP contribution in [-0.2, 0) is 7.05 Å². The highest BCUT2D eigenvalue weighted by Crippen LogP contribution is 2.21. The van der Waals surface area contributed by atoms with Crippen molar-refractivity contribution in [2.75, 3.05) is 5.32 Å². The van der Waals surface area contributed by atoms with Crippen LogP contribution in [0.5, 0.6) is 0 Å². The SMILES string of the molecule is Cc1nn(C)cc1C(C)Nc1ccc(C(N)=O)cc1. The number of amides is 1. The van der Waals surface area contributed by atoms with Crippen molar-refractivity contribution < 1.29 is 4.79 Å². The van der Waals surface area contributed by atoms with Crippen LogP contribution < -0.4 is 11.1 Å². The van der Waals surface area contributed by atoms with Gasteiger partial charge in [-0.15, -0.1) is 0 Å². The van der Waals surface area contributed by atoms with Crippen LogP contribution in [0.15, 0.2) is 30.5 Å². The number of carbonyl (C=O) groups excluding carboxylic acids is 1. The predicted molar refractivity (Wildman–Crippen MR) is 74.9 cm³/mol. The molecule has 1 unspecified atom stereocenters. The van der Waals surface area contributed by atoms with Gasteiger partial charge in [0, 0.05) is 30.1 Å². The van der Waals surface area contributed by atoms with Gasteiger partial charge in [0.05, 0.1) is 11.7 Å². The van der Waals surface area contributed by atoms with Gasteiger partial charge in [0.2, 0.25) is 5.91 Å². The highest BCUT2D eigenvalue weighted by atomic mass is 16.1. The van der Waals surface area contributed by atoms with Gasteiger partial charge in [0.25, 0.3) is 0 Å². The Hall–Kier alpha value is -2.30. The number of hydrogen-bond acceptors (Lipinski definition) is 3. The monoisotopic (exact) mass is 258 g/mol. The fourth-order valence-corrected chi connectivity index (χ4v) is 2.10. The van der Waals surface area contributed by atoms with Crippen molar-refractivity contribution in [1.82, 2.24) is 9.78 Å². The molecule has 5 nitrogen and oxygen atoms in total. The zero-order valence-electron chi connectivity index (χ0n) is 11.3. The first-order valence-electron chi connectivity index (χ1n) is 6.14. The minimum atomic E-state index is -0.414. The fourth-order valence-electron chi connectivity index (χ4n) is 2.10. The smallest absolute Gasteiger partial charge is 0.248 e. The third-order valence-corrected chi connectivity index (χ3v) is 3.07. The van der Waals surface area contributed by atoms with Gasteiger partial charge in [-0.1, -0.05) is 0 Å². The third kappa shape index (κ3) is 2.93. The zero-order chi connectivity index (χ0) is 14.0. The van der Waals surface area contributed by atoms with Crippen molar-refractivity contribution in [1.29, 1.82) is 0 Å². The van der Waals surface area contributed by atoms with Crippen molar-refractivity contribution in [2.24, 2.45) is 12.8 Å². The molecule has 0 aliphatic rings. The lowest BCUT2D eigenvalue weighted by Crippen LogP contribution is -2.11. The number of aromatic nitrogens is 2. The number of aryl methyl sites for hydroxylation is 2. The van der Waals surface area contributed by atoms with Gasteiger partial charge in [-0.3, -0.25) is 9.48 Å². The van der Waals surface area contributed by atoms with Crippen LogP contribution in [0.3, 0.4) is 0 Å². The number of benzene rings is 1. The fraction of sp³-hybridized carbons (Fsp3) is 0.286. The average molecular weight is 258 g/mol. The largest absolute Gasteiger partial charge is 0.378 e. The number of anilines is 1. The summed E-state index contributed by atoms with van der Waals surface area (Å²) in [5.74, 6) is -0.414. The average Bonchev–Trinajstić information content (AvgIpc) is 2.69. The number of nitrogens with zero attached hydrogens (tertiary/aromatic N) is 2. The Morgan fingerprint density at radius 2 is 2.00 bits per heavy atom. The molecule has 19 heavy (non-hydrogen) atoms. The molecule has 2 rings (SSSR count). The van der Waals surface area contributed by atoms with Crippen LogP contribution in [0.25, 0.3) is 0 Å². The van der Waals surface area contributed by atoms with E-state index in [-0.39, 0.29) is 6.04 Å². The Morgan fingerprint density at radius 3 is 2.47 bits per heavy atom. The van der Waals surface area contributed by atoms with Crippen molar-refractivity contribution >= 4 is 11.6 Å². The first kappa shape index (κ1) is 13.1. The molecule has 100 valence electrons. The second-order valence-corrected chi connectivity index (χ2v) is 4.65. The number of primary amides is 1. The van der Waals surface area contributed by atoms with E-state index < -0.39 is 5.91 Å². The Labute approximate surface area is 112 Å². The minimum Gasteiger partial charge on any atom is -0.378 e. The normalized spacial score (nSPS) is 12.2. The number of carbonyl (C=O) groups is 1. The second kappa shape index (κ2) is 5.14. The molecule has 0 bridgehead atoms. The first-order valence-corrected chi connectivity index (χ1v) is 6.14. The zero-order valence-corrected chi connectivity index (χ0v) is 11.3. The Bertz CT molecular complexity index is 586. The van der Waals surface area contributed by atoms with Crippen molar-refractivity contribution in [2.45, 2.75) is 19.9 Å². The summed E-state index contributed by atoms with van der Waals surface area (Å²) in [5, 5.41) is 7.70. The number of nitrogens with two attached hydrogens (primary N) is 1. The minimum absolute atomic E-state index is 0.146. The molecule has 0 aliphatic heterocycles. The molecule has 0 aliphatic carbocycles. The Kier molecular flexibility index (Phi) is 3.55. The second-order valence-electron chi connectivity index (χ2n) is 4.65. The lowest BCUT2D eigenvalue weighted by atomic mass is 10.1. The van der Waals surface area contributed by atoms with Gasteiger partial charge in [-0.25, -0.2) is 0 Å². The van der Waals surface area contributed by atoms with Gasteiger partial charge < -0.3 is 11.1 Å². The molecule has 0 saturated carbocycles. The molecular weight excluding hydrogens is 240 g/mol. The predicted octanol–water partition coefficient (Wildman–Crippen LogP) is 2.00. The molecule has 1 amide bonds. The highest BCUT2D eigenvalue weighted by molar-refractivity contribution is 5.93. The van der Waals surface area contributed by atoms with E-state index in [0.29, 0.717) is 5.56 Å². The van der Waals surface area contributed by atoms with Gasteiger partial charge in [-0.05, 0) is 38.1 Å². The van der Waals surface area contributed by atoms with Crippen molar-refractivity contribution in [3.05, 3.63) is 47.3 Å². The topological polar surface area (TPSA) is 72.9 Å². The molecule has 0 saturated heterocycles. The van der Waals surface area contributed by atoms with Crippen LogP contribution in [0, 0.1) is 6.92 Å². The number of rotatable bonds is 4. The van der Waals surface area contributed by atoms with Crippen molar-refractivity contribution in [3.63, 3.8) is 0 Å². The molecule has 1 aromatic heterocycles. The summed E-state index contributed by atoms with van der Waals surface area (Å²) >= 11 is 0. The van der Waals surface area contributed by atoms with Gasteiger partial charge in [0.15, 0.2) is 0 Å². The standard InChI is InChI=1S/C14H18N4O/c1-9(13-8-18(3)17-10(13)2)16-12-6-4-11(5-7-12)14(15)19/h4-9,16H,1-3H3,(H2,15,19). The number of nitrogens with one attached hydrogen (secondary N) is 1. The Morgan fingerprint density at radius 1 is 1.37 bits per heavy atom. The van der Waals surface area contributed by atoms with E-state index >= 15 is 0 Å². The van der Waals surface area contributed by atoms with Gasteiger partial charge >= 0.3 is 0 Å². The van der Waals surface area contributed by atoms with E-state index in [1.807, 2.05) is 32.3 Å². The lowest BCUT2D eigenvalue weighted by Gasteiger charge is -2.14. The molecule has 1 atom stereocenters. The summed E-state index contributed by atoms with van der Waals surface area (Å²) < 4.78 is 1.80. The molecule has 1 aromatic carbocycles. The van der Waals surface area contributed by atoms with E-state index in [2.05, 4.69) is 17.3 Å². The summed E-state index contributed by atoms with van der Waals surface area (Å²) in [4.78, 5) is 11.0. The molecule has 1 heterocycles. The van der Waals surface area contributed by atoms with Gasteiger partial charge in [0.1, 0.15) is 0 Å². The van der Waals surface area contributed by atoms with E-state index in [1.165, 1.54) is 0 Å². The maximum atomic E-state index is 11.0. The van der Waals surface area contributed by atoms with E-state index in [9.17, 15) is 4.79 Å². The van der Waals surface area contributed by atoms with E-state index in [4.69, 9.17) is 5.73 Å². The molecule has 0 spiro atoms. The van der Waals surface area contributed by atoms with Crippen LogP contribution in [-0.4, -0.2) is 15.7 Å². The molecular formula is C14H18N4O. The molecule has 3 N–H and O–H groups in total. The highest BCUT2D eigenvalue weighted by Gasteiger charge is 2.11. The lowest BCUT2D eigenvalue weighted by molar-refractivity contribution is 0.100. The summed E-state index contributed by atoms with van der Waals surface area (Å²) in [6, 6.07) is 7.28. The molecule has 5 heteroatoms.